The number of carbonyl (C=O) groups is 1. The van der Waals surface area contributed by atoms with Gasteiger partial charge in [-0.3, -0.25) is 4.79 Å². The maximum atomic E-state index is 12.9. The molecule has 1 saturated heterocycles. The number of ether oxygens (including phenoxy) is 1. The number of nitrogens with zero attached hydrogens (tertiary/aromatic N) is 5. The number of pyridine rings is 1. The van der Waals surface area contributed by atoms with Gasteiger partial charge in [0.05, 0.1) is 19.8 Å². The Morgan fingerprint density at radius 3 is 2.47 bits per heavy atom. The monoisotopic (exact) mass is 470 g/mol. The maximum absolute atomic E-state index is 12.9. The zero-order valence-corrected chi connectivity index (χ0v) is 18.6. The topological polar surface area (TPSA) is 108 Å². The Kier molecular flexibility index (Phi) is 6.94. The molecule has 0 saturated carbocycles. The van der Waals surface area contributed by atoms with Gasteiger partial charge in [-0.15, -0.1) is 0 Å². The molecule has 1 aliphatic rings. The number of halogens is 2. The Morgan fingerprint density at radius 2 is 1.85 bits per heavy atom. The van der Waals surface area contributed by atoms with Crippen molar-refractivity contribution in [2.45, 2.75) is 13.5 Å². The fourth-order valence-corrected chi connectivity index (χ4v) is 3.71. The minimum absolute atomic E-state index is 0.0313. The van der Waals surface area contributed by atoms with Gasteiger partial charge in [0.2, 0.25) is 0 Å². The van der Waals surface area contributed by atoms with Crippen molar-refractivity contribution in [3.8, 4) is 16.9 Å². The summed E-state index contributed by atoms with van der Waals surface area (Å²) < 4.78 is 33.2. The van der Waals surface area contributed by atoms with Crippen molar-refractivity contribution < 1.29 is 18.3 Å². The minimum atomic E-state index is -1.92. The van der Waals surface area contributed by atoms with Crippen LogP contribution in [0.2, 0.25) is 0 Å². The van der Waals surface area contributed by atoms with Crippen LogP contribution >= 0.6 is 0 Å². The van der Waals surface area contributed by atoms with E-state index in [1.54, 1.807) is 30.2 Å². The van der Waals surface area contributed by atoms with Crippen molar-refractivity contribution in [2.75, 3.05) is 32.8 Å². The Labute approximate surface area is 194 Å². The number of aryl methyl sites for hydroxylation is 1. The third kappa shape index (κ3) is 4.80. The van der Waals surface area contributed by atoms with Crippen molar-refractivity contribution in [1.82, 2.24) is 24.2 Å². The summed E-state index contributed by atoms with van der Waals surface area (Å²) in [4.78, 5) is 31.4. The summed E-state index contributed by atoms with van der Waals surface area (Å²) in [7, 11) is 0. The number of carbonyl (C=O) groups excluding carboxylic acids is 1. The molecule has 0 radical (unpaired) electrons. The molecule has 0 atom stereocenters. The van der Waals surface area contributed by atoms with Crippen LogP contribution in [-0.2, 0) is 11.3 Å². The normalized spacial score (nSPS) is 13.7. The largest absolute Gasteiger partial charge is 0.378 e. The second kappa shape index (κ2) is 10.1. The molecule has 2 N–H and O–H groups in total. The quantitative estimate of drug-likeness (QED) is 0.590. The first kappa shape index (κ1) is 23.5. The smallest absolute Gasteiger partial charge is 0.351 e. The molecule has 2 aromatic heterocycles. The SMILES string of the molecule is Cc1cc(-c2ccc(C(=O)N3CCOCC3)cc2)cnc1-n1cnn(CC(CN)=C(F)F)c1=O. The van der Waals surface area contributed by atoms with Gasteiger partial charge in [0.15, 0.2) is 0 Å². The van der Waals surface area contributed by atoms with Crippen LogP contribution < -0.4 is 11.4 Å². The molecule has 0 aliphatic carbocycles. The molecule has 3 aromatic rings. The van der Waals surface area contributed by atoms with Gasteiger partial charge in [0.25, 0.3) is 12.0 Å². The van der Waals surface area contributed by atoms with Gasteiger partial charge in [-0.1, -0.05) is 12.1 Å². The summed E-state index contributed by atoms with van der Waals surface area (Å²) in [6.45, 7) is 3.27. The van der Waals surface area contributed by atoms with Gasteiger partial charge in [-0.05, 0) is 36.2 Å². The number of hydrogen-bond donors (Lipinski definition) is 1. The molecule has 34 heavy (non-hydrogen) atoms. The van der Waals surface area contributed by atoms with Gasteiger partial charge in [0.1, 0.15) is 12.1 Å². The van der Waals surface area contributed by atoms with Crippen molar-refractivity contribution in [1.29, 1.82) is 0 Å². The second-order valence-corrected chi connectivity index (χ2v) is 7.86. The lowest BCUT2D eigenvalue weighted by atomic mass is 10.0. The molecule has 4 rings (SSSR count). The van der Waals surface area contributed by atoms with E-state index in [1.165, 1.54) is 10.9 Å². The average Bonchev–Trinajstić information content (AvgIpc) is 3.22. The first-order chi connectivity index (χ1) is 16.4. The number of nitrogens with two attached hydrogens (primary N) is 1. The van der Waals surface area contributed by atoms with Crippen LogP contribution in [0.1, 0.15) is 15.9 Å². The highest BCUT2D eigenvalue weighted by Gasteiger charge is 2.19. The lowest BCUT2D eigenvalue weighted by Gasteiger charge is -2.26. The van der Waals surface area contributed by atoms with E-state index in [-0.39, 0.29) is 18.0 Å². The van der Waals surface area contributed by atoms with E-state index in [2.05, 4.69) is 10.1 Å². The van der Waals surface area contributed by atoms with Crippen molar-refractivity contribution in [3.63, 3.8) is 0 Å². The first-order valence-corrected chi connectivity index (χ1v) is 10.7. The molecule has 1 aromatic carbocycles. The Balaban J connectivity index is 1.54. The molecule has 0 spiro atoms. The summed E-state index contributed by atoms with van der Waals surface area (Å²) in [5.41, 5.74) is 7.33. The first-order valence-electron chi connectivity index (χ1n) is 10.7. The van der Waals surface area contributed by atoms with Crippen LogP contribution in [0.15, 0.2) is 59.3 Å². The number of morpholine rings is 1. The van der Waals surface area contributed by atoms with E-state index in [0.717, 1.165) is 15.8 Å². The fraction of sp³-hybridized carbons (Fsp3) is 0.304. The van der Waals surface area contributed by atoms with Crippen LogP contribution in [0.4, 0.5) is 8.78 Å². The molecule has 178 valence electrons. The number of rotatable bonds is 6. The molecule has 1 aliphatic heterocycles. The van der Waals surface area contributed by atoms with Gasteiger partial charge in [-0.25, -0.2) is 19.0 Å². The summed E-state index contributed by atoms with van der Waals surface area (Å²) >= 11 is 0. The highest BCUT2D eigenvalue weighted by Crippen LogP contribution is 2.23. The predicted octanol–water partition coefficient (Wildman–Crippen LogP) is 1.99. The van der Waals surface area contributed by atoms with Crippen LogP contribution in [0.5, 0.6) is 0 Å². The van der Waals surface area contributed by atoms with E-state index in [0.29, 0.717) is 43.2 Å². The van der Waals surface area contributed by atoms with Crippen molar-refractivity contribution in [3.05, 3.63) is 76.1 Å². The van der Waals surface area contributed by atoms with Crippen LogP contribution in [0.25, 0.3) is 16.9 Å². The second-order valence-electron chi connectivity index (χ2n) is 7.86. The third-order valence-electron chi connectivity index (χ3n) is 5.63. The molecule has 9 nitrogen and oxygen atoms in total. The summed E-state index contributed by atoms with van der Waals surface area (Å²) in [5.74, 6) is 0.314. The van der Waals surface area contributed by atoms with Gasteiger partial charge >= 0.3 is 5.69 Å². The number of hydrogen-bond acceptors (Lipinski definition) is 6. The third-order valence-corrected chi connectivity index (χ3v) is 5.63. The number of benzene rings is 1. The predicted molar refractivity (Wildman–Crippen MR) is 121 cm³/mol. The number of amides is 1. The van der Waals surface area contributed by atoms with E-state index in [9.17, 15) is 18.4 Å². The van der Waals surface area contributed by atoms with E-state index in [4.69, 9.17) is 10.5 Å². The Hall–Kier alpha value is -3.70. The van der Waals surface area contributed by atoms with Gasteiger partial charge in [-0.2, -0.15) is 13.9 Å². The molecule has 11 heteroatoms. The molecule has 1 amide bonds. The van der Waals surface area contributed by atoms with Crippen molar-refractivity contribution in [2.24, 2.45) is 5.73 Å². The molecule has 3 heterocycles. The molecule has 1 fully saturated rings. The highest BCUT2D eigenvalue weighted by atomic mass is 19.3. The zero-order chi connectivity index (χ0) is 24.2. The van der Waals surface area contributed by atoms with Gasteiger partial charge < -0.3 is 15.4 Å². The lowest BCUT2D eigenvalue weighted by Crippen LogP contribution is -2.40. The van der Waals surface area contributed by atoms with Crippen LogP contribution in [0.3, 0.4) is 0 Å². The highest BCUT2D eigenvalue weighted by molar-refractivity contribution is 5.94. The van der Waals surface area contributed by atoms with E-state index in [1.807, 2.05) is 18.2 Å². The fourth-order valence-electron chi connectivity index (χ4n) is 3.71. The van der Waals surface area contributed by atoms with Crippen LogP contribution in [-0.4, -0.2) is 63.0 Å². The van der Waals surface area contributed by atoms with Gasteiger partial charge in [0, 0.05) is 42.5 Å². The molecule has 0 unspecified atom stereocenters. The Bertz CT molecular complexity index is 1270. The van der Waals surface area contributed by atoms with Crippen LogP contribution in [0, 0.1) is 6.92 Å². The van der Waals surface area contributed by atoms with E-state index < -0.39 is 18.3 Å². The molecular weight excluding hydrogens is 446 g/mol. The van der Waals surface area contributed by atoms with Crippen molar-refractivity contribution >= 4 is 5.91 Å². The standard InChI is InChI=1S/C23H24F2N6O3/c1-15-10-18(16-2-4-17(5-3-16)22(32)29-6-8-34-9-7-29)12-27-21(15)30-14-28-31(23(30)33)13-19(11-26)20(24)25/h2-5,10,12,14H,6-9,11,13,26H2,1H3. The maximum Gasteiger partial charge on any atom is 0.351 e. The van der Waals surface area contributed by atoms with E-state index >= 15 is 0 Å². The Morgan fingerprint density at radius 1 is 1.15 bits per heavy atom. The average molecular weight is 470 g/mol. The minimum Gasteiger partial charge on any atom is -0.378 e. The lowest BCUT2D eigenvalue weighted by molar-refractivity contribution is 0.0303. The number of aromatic nitrogens is 4. The zero-order valence-electron chi connectivity index (χ0n) is 18.6. The molecule has 0 bridgehead atoms. The molecular formula is C23H24F2N6O3. The summed E-state index contributed by atoms with van der Waals surface area (Å²) in [5, 5.41) is 3.91. The summed E-state index contributed by atoms with van der Waals surface area (Å²) in [6.07, 6.45) is 0.936. The summed E-state index contributed by atoms with van der Waals surface area (Å²) in [6, 6.07) is 9.10.